The summed E-state index contributed by atoms with van der Waals surface area (Å²) in [6, 6.07) is 11.9. The van der Waals surface area contributed by atoms with Gasteiger partial charge in [0.2, 0.25) is 0 Å². The average molecular weight is 285 g/mol. The molecule has 0 spiro atoms. The van der Waals surface area contributed by atoms with Crippen molar-refractivity contribution in [3.05, 3.63) is 47.5 Å². The molecule has 0 bridgehead atoms. The topological polar surface area (TPSA) is 66.8 Å². The normalized spacial score (nSPS) is 12.1. The molecular formula is C12H10ClO4P. The standard InChI is InChI=1S/C12H10ClO4P/c13-9-6-10(8-4-2-1-3-5-8)12(14)11(7-9)17-18(15)16/h1-7,14,18H,(H,15,16). The number of phenols is 1. The van der Waals surface area contributed by atoms with Crippen molar-refractivity contribution in [1.29, 1.82) is 0 Å². The fourth-order valence-electron chi connectivity index (χ4n) is 1.58. The summed E-state index contributed by atoms with van der Waals surface area (Å²) >= 11 is 5.89. The number of benzene rings is 2. The maximum atomic E-state index is 10.7. The van der Waals surface area contributed by atoms with E-state index in [2.05, 4.69) is 4.52 Å². The summed E-state index contributed by atoms with van der Waals surface area (Å²) in [5.41, 5.74) is 1.18. The van der Waals surface area contributed by atoms with E-state index in [4.69, 9.17) is 16.5 Å². The number of aromatic hydroxyl groups is 1. The minimum atomic E-state index is -3.19. The van der Waals surface area contributed by atoms with Crippen LogP contribution in [-0.4, -0.2) is 10.00 Å². The number of halogens is 1. The molecule has 0 aliphatic rings. The lowest BCUT2D eigenvalue weighted by Gasteiger charge is -2.10. The minimum absolute atomic E-state index is 0.104. The van der Waals surface area contributed by atoms with Gasteiger partial charge >= 0.3 is 8.25 Å². The molecule has 18 heavy (non-hydrogen) atoms. The second-order valence-electron chi connectivity index (χ2n) is 3.53. The average Bonchev–Trinajstić information content (AvgIpc) is 2.34. The lowest BCUT2D eigenvalue weighted by atomic mass is 10.0. The van der Waals surface area contributed by atoms with Crippen LogP contribution in [0.2, 0.25) is 5.02 Å². The van der Waals surface area contributed by atoms with Crippen LogP contribution in [0.15, 0.2) is 42.5 Å². The van der Waals surface area contributed by atoms with Crippen LogP contribution in [0.3, 0.4) is 0 Å². The molecule has 0 aliphatic carbocycles. The molecule has 2 aromatic rings. The van der Waals surface area contributed by atoms with Crippen molar-refractivity contribution in [3.8, 4) is 22.6 Å². The highest BCUT2D eigenvalue weighted by atomic mass is 35.5. The zero-order chi connectivity index (χ0) is 13.1. The summed E-state index contributed by atoms with van der Waals surface area (Å²) in [5.74, 6) is -0.314. The Labute approximate surface area is 109 Å². The quantitative estimate of drug-likeness (QED) is 0.847. The molecule has 4 nitrogen and oxygen atoms in total. The Morgan fingerprint density at radius 1 is 1.17 bits per heavy atom. The third-order valence-electron chi connectivity index (χ3n) is 2.32. The highest BCUT2D eigenvalue weighted by Crippen LogP contribution is 2.42. The van der Waals surface area contributed by atoms with Gasteiger partial charge in [-0.25, -0.2) is 4.57 Å². The van der Waals surface area contributed by atoms with Gasteiger partial charge in [-0.2, -0.15) is 0 Å². The number of rotatable bonds is 3. The zero-order valence-electron chi connectivity index (χ0n) is 9.13. The first-order chi connectivity index (χ1) is 8.58. The first kappa shape index (κ1) is 13.0. The van der Waals surface area contributed by atoms with E-state index in [-0.39, 0.29) is 11.5 Å². The van der Waals surface area contributed by atoms with E-state index >= 15 is 0 Å². The van der Waals surface area contributed by atoms with Crippen molar-refractivity contribution >= 4 is 19.9 Å². The van der Waals surface area contributed by atoms with E-state index < -0.39 is 8.25 Å². The lowest BCUT2D eigenvalue weighted by molar-refractivity contribution is 0.390. The van der Waals surface area contributed by atoms with Crippen LogP contribution in [0.4, 0.5) is 0 Å². The zero-order valence-corrected chi connectivity index (χ0v) is 10.9. The molecule has 2 N–H and O–H groups in total. The van der Waals surface area contributed by atoms with Gasteiger partial charge in [-0.1, -0.05) is 41.9 Å². The molecule has 0 aromatic heterocycles. The summed E-state index contributed by atoms with van der Waals surface area (Å²) in [5, 5.41) is 10.3. The van der Waals surface area contributed by atoms with Crippen LogP contribution in [0.25, 0.3) is 11.1 Å². The Morgan fingerprint density at radius 3 is 2.44 bits per heavy atom. The number of hydrogen-bond acceptors (Lipinski definition) is 3. The van der Waals surface area contributed by atoms with Crippen LogP contribution in [0.1, 0.15) is 0 Å². The monoisotopic (exact) mass is 284 g/mol. The number of phenolic OH excluding ortho intramolecular Hbond substituents is 1. The van der Waals surface area contributed by atoms with E-state index in [1.165, 1.54) is 6.07 Å². The molecule has 6 heteroatoms. The predicted molar refractivity (Wildman–Crippen MR) is 70.4 cm³/mol. The highest BCUT2D eigenvalue weighted by molar-refractivity contribution is 7.32. The summed E-state index contributed by atoms with van der Waals surface area (Å²) < 4.78 is 15.3. The molecular weight excluding hydrogens is 275 g/mol. The molecule has 2 aromatic carbocycles. The van der Waals surface area contributed by atoms with E-state index in [9.17, 15) is 9.67 Å². The van der Waals surface area contributed by atoms with Gasteiger partial charge in [-0.05, 0) is 11.6 Å². The predicted octanol–water partition coefficient (Wildman–Crippen LogP) is 3.47. The second kappa shape index (κ2) is 5.44. The molecule has 2 rings (SSSR count). The molecule has 0 amide bonds. The van der Waals surface area contributed by atoms with Gasteiger partial charge in [0.05, 0.1) is 0 Å². The Balaban J connectivity index is 2.55. The maximum absolute atomic E-state index is 10.7. The van der Waals surface area contributed by atoms with Crippen molar-refractivity contribution in [1.82, 2.24) is 0 Å². The van der Waals surface area contributed by atoms with Crippen molar-refractivity contribution < 1.29 is 19.1 Å². The summed E-state index contributed by atoms with van der Waals surface area (Å²) in [6.45, 7) is 0. The first-order valence-electron chi connectivity index (χ1n) is 5.06. The van der Waals surface area contributed by atoms with Crippen LogP contribution in [-0.2, 0) is 4.57 Å². The van der Waals surface area contributed by atoms with E-state index in [0.29, 0.717) is 10.6 Å². The van der Waals surface area contributed by atoms with Gasteiger partial charge in [0.25, 0.3) is 0 Å². The molecule has 94 valence electrons. The molecule has 0 aliphatic heterocycles. The molecule has 1 atom stereocenters. The molecule has 0 radical (unpaired) electrons. The van der Waals surface area contributed by atoms with E-state index in [0.717, 1.165) is 5.56 Å². The summed E-state index contributed by atoms with van der Waals surface area (Å²) in [6.07, 6.45) is 0. The lowest BCUT2D eigenvalue weighted by Crippen LogP contribution is -1.86. The minimum Gasteiger partial charge on any atom is -0.504 e. The van der Waals surface area contributed by atoms with Gasteiger partial charge in [-0.3, -0.25) is 0 Å². The van der Waals surface area contributed by atoms with Crippen molar-refractivity contribution in [2.45, 2.75) is 0 Å². The third kappa shape index (κ3) is 2.85. The van der Waals surface area contributed by atoms with Crippen molar-refractivity contribution in [3.63, 3.8) is 0 Å². The van der Waals surface area contributed by atoms with Crippen LogP contribution >= 0.6 is 19.9 Å². The Hall–Kier alpha value is -1.48. The first-order valence-corrected chi connectivity index (χ1v) is 6.71. The molecule has 1 unspecified atom stereocenters. The Kier molecular flexibility index (Phi) is 3.92. The number of hydrogen-bond donors (Lipinski definition) is 2. The largest absolute Gasteiger partial charge is 0.504 e. The smallest absolute Gasteiger partial charge is 0.365 e. The van der Waals surface area contributed by atoms with Crippen LogP contribution < -0.4 is 4.52 Å². The molecule has 0 saturated heterocycles. The molecule has 0 heterocycles. The summed E-state index contributed by atoms with van der Waals surface area (Å²) in [4.78, 5) is 8.75. The Bertz CT molecular complexity index is 586. The maximum Gasteiger partial charge on any atom is 0.365 e. The highest BCUT2D eigenvalue weighted by Gasteiger charge is 2.13. The van der Waals surface area contributed by atoms with E-state index in [1.807, 2.05) is 18.2 Å². The van der Waals surface area contributed by atoms with Gasteiger partial charge in [0, 0.05) is 16.7 Å². The molecule has 0 saturated carbocycles. The van der Waals surface area contributed by atoms with Crippen LogP contribution in [0, 0.1) is 0 Å². The SMILES string of the molecule is O=[PH](O)Oc1cc(Cl)cc(-c2ccccc2)c1O. The fraction of sp³-hybridized carbons (Fsp3) is 0. The summed E-state index contributed by atoms with van der Waals surface area (Å²) in [7, 11) is -3.19. The van der Waals surface area contributed by atoms with Crippen molar-refractivity contribution in [2.75, 3.05) is 0 Å². The fourth-order valence-corrected chi connectivity index (χ4v) is 2.14. The van der Waals surface area contributed by atoms with Gasteiger partial charge < -0.3 is 14.5 Å². The second-order valence-corrected chi connectivity index (χ2v) is 4.71. The van der Waals surface area contributed by atoms with Crippen molar-refractivity contribution in [2.24, 2.45) is 0 Å². The molecule has 0 fully saturated rings. The van der Waals surface area contributed by atoms with Crippen LogP contribution in [0.5, 0.6) is 11.5 Å². The van der Waals surface area contributed by atoms with E-state index in [1.54, 1.807) is 18.2 Å². The van der Waals surface area contributed by atoms with Gasteiger partial charge in [0.1, 0.15) is 0 Å². The third-order valence-corrected chi connectivity index (χ3v) is 2.93. The van der Waals surface area contributed by atoms with Gasteiger partial charge in [0.15, 0.2) is 11.5 Å². The van der Waals surface area contributed by atoms with Gasteiger partial charge in [-0.15, -0.1) is 0 Å². The Morgan fingerprint density at radius 2 is 1.83 bits per heavy atom.